The van der Waals surface area contributed by atoms with E-state index in [2.05, 4.69) is 10.2 Å². The lowest BCUT2D eigenvalue weighted by Gasteiger charge is -2.11. The van der Waals surface area contributed by atoms with Crippen LogP contribution in [-0.2, 0) is 0 Å². The van der Waals surface area contributed by atoms with Crippen molar-refractivity contribution in [2.45, 2.75) is 12.8 Å². The standard InChI is InChI=1S/C13H12ClN3O2/c14-10-6-2-1-5-9(10)11-15-16-12(19-11)13(18)17-7-3-4-8-17/h1-2,5-6H,3-4,7-8H2. The first-order valence-corrected chi connectivity index (χ1v) is 6.51. The van der Waals surface area contributed by atoms with Crippen LogP contribution in [-0.4, -0.2) is 34.1 Å². The lowest BCUT2D eigenvalue weighted by molar-refractivity contribution is 0.0754. The van der Waals surface area contributed by atoms with Crippen LogP contribution in [0.5, 0.6) is 0 Å². The number of carbonyl (C=O) groups excluding carboxylic acids is 1. The van der Waals surface area contributed by atoms with Gasteiger partial charge in [-0.3, -0.25) is 4.79 Å². The molecule has 1 saturated heterocycles. The Kier molecular flexibility index (Phi) is 3.21. The van der Waals surface area contributed by atoms with Crippen molar-refractivity contribution in [1.29, 1.82) is 0 Å². The summed E-state index contributed by atoms with van der Waals surface area (Å²) in [6.45, 7) is 1.51. The van der Waals surface area contributed by atoms with Crippen molar-refractivity contribution in [3.63, 3.8) is 0 Å². The summed E-state index contributed by atoms with van der Waals surface area (Å²) in [5.41, 5.74) is 0.636. The van der Waals surface area contributed by atoms with E-state index in [1.807, 2.05) is 12.1 Å². The van der Waals surface area contributed by atoms with Gasteiger partial charge in [-0.25, -0.2) is 0 Å². The van der Waals surface area contributed by atoms with Crippen LogP contribution >= 0.6 is 11.6 Å². The van der Waals surface area contributed by atoms with Crippen LogP contribution in [0.3, 0.4) is 0 Å². The average molecular weight is 278 g/mol. The van der Waals surface area contributed by atoms with Crippen LogP contribution in [0.15, 0.2) is 28.7 Å². The summed E-state index contributed by atoms with van der Waals surface area (Å²) in [6.07, 6.45) is 2.05. The van der Waals surface area contributed by atoms with E-state index in [4.69, 9.17) is 16.0 Å². The van der Waals surface area contributed by atoms with Crippen molar-refractivity contribution < 1.29 is 9.21 Å². The predicted molar refractivity (Wildman–Crippen MR) is 69.9 cm³/mol. The van der Waals surface area contributed by atoms with Gasteiger partial charge in [0.1, 0.15) is 0 Å². The predicted octanol–water partition coefficient (Wildman–Crippen LogP) is 2.63. The molecule has 19 heavy (non-hydrogen) atoms. The zero-order valence-corrected chi connectivity index (χ0v) is 10.9. The van der Waals surface area contributed by atoms with Gasteiger partial charge >= 0.3 is 11.8 Å². The number of aromatic nitrogens is 2. The van der Waals surface area contributed by atoms with Crippen LogP contribution in [0.2, 0.25) is 5.02 Å². The summed E-state index contributed by atoms with van der Waals surface area (Å²) in [4.78, 5) is 13.8. The molecule has 0 N–H and O–H groups in total. The number of carbonyl (C=O) groups is 1. The molecule has 0 radical (unpaired) electrons. The van der Waals surface area contributed by atoms with E-state index in [1.54, 1.807) is 17.0 Å². The van der Waals surface area contributed by atoms with Gasteiger partial charge in [-0.15, -0.1) is 10.2 Å². The molecule has 6 heteroatoms. The molecular weight excluding hydrogens is 266 g/mol. The topological polar surface area (TPSA) is 59.2 Å². The number of halogens is 1. The maximum Gasteiger partial charge on any atom is 0.311 e. The van der Waals surface area contributed by atoms with Crippen molar-refractivity contribution in [2.24, 2.45) is 0 Å². The molecule has 2 heterocycles. The van der Waals surface area contributed by atoms with Crippen molar-refractivity contribution in [3.8, 4) is 11.5 Å². The number of hydrogen-bond donors (Lipinski definition) is 0. The van der Waals surface area contributed by atoms with Gasteiger partial charge in [0.15, 0.2) is 0 Å². The molecular formula is C13H12ClN3O2. The molecule has 2 aromatic rings. The van der Waals surface area contributed by atoms with E-state index < -0.39 is 0 Å². The van der Waals surface area contributed by atoms with Gasteiger partial charge in [-0.2, -0.15) is 0 Å². The Hall–Kier alpha value is -1.88. The molecule has 1 amide bonds. The van der Waals surface area contributed by atoms with Gasteiger partial charge in [-0.1, -0.05) is 23.7 Å². The summed E-state index contributed by atoms with van der Waals surface area (Å²) in [5.74, 6) is 0.0910. The normalized spacial score (nSPS) is 14.9. The molecule has 3 rings (SSSR count). The van der Waals surface area contributed by atoms with Crippen LogP contribution < -0.4 is 0 Å². The first-order chi connectivity index (χ1) is 9.25. The second kappa shape index (κ2) is 5.01. The Morgan fingerprint density at radius 2 is 1.95 bits per heavy atom. The molecule has 0 atom stereocenters. The molecule has 0 bridgehead atoms. The highest BCUT2D eigenvalue weighted by atomic mass is 35.5. The molecule has 0 aliphatic carbocycles. The lowest BCUT2D eigenvalue weighted by Crippen LogP contribution is -2.27. The maximum atomic E-state index is 12.1. The summed E-state index contributed by atoms with van der Waals surface area (Å²) in [5, 5.41) is 8.22. The molecule has 1 aliphatic heterocycles. The second-order valence-electron chi connectivity index (χ2n) is 4.39. The third-order valence-electron chi connectivity index (χ3n) is 3.11. The van der Waals surface area contributed by atoms with Gasteiger partial charge in [0.05, 0.1) is 10.6 Å². The Balaban J connectivity index is 1.87. The molecule has 0 spiro atoms. The van der Waals surface area contributed by atoms with Gasteiger partial charge < -0.3 is 9.32 Å². The zero-order valence-electron chi connectivity index (χ0n) is 10.2. The summed E-state index contributed by atoms with van der Waals surface area (Å²) < 4.78 is 5.43. The minimum Gasteiger partial charge on any atom is -0.412 e. The SMILES string of the molecule is O=C(c1nnc(-c2ccccc2Cl)o1)N1CCCC1. The Bertz CT molecular complexity index is 605. The largest absolute Gasteiger partial charge is 0.412 e. The van der Waals surface area contributed by atoms with Crippen molar-refractivity contribution in [2.75, 3.05) is 13.1 Å². The van der Waals surface area contributed by atoms with Gasteiger partial charge in [0, 0.05) is 13.1 Å². The minimum absolute atomic E-state index is 0.0248. The molecule has 98 valence electrons. The highest BCUT2D eigenvalue weighted by molar-refractivity contribution is 6.33. The van der Waals surface area contributed by atoms with E-state index in [1.165, 1.54) is 0 Å². The van der Waals surface area contributed by atoms with Crippen molar-refractivity contribution >= 4 is 17.5 Å². The quantitative estimate of drug-likeness (QED) is 0.847. The Labute approximate surface area is 115 Å². The molecule has 1 aromatic heterocycles. The Morgan fingerprint density at radius 3 is 2.68 bits per heavy atom. The fraction of sp³-hybridized carbons (Fsp3) is 0.308. The molecule has 1 fully saturated rings. The molecule has 1 aliphatic rings. The number of amides is 1. The van der Waals surface area contributed by atoms with Crippen LogP contribution in [0.25, 0.3) is 11.5 Å². The third kappa shape index (κ3) is 2.33. The van der Waals surface area contributed by atoms with Gasteiger partial charge in [0.2, 0.25) is 5.89 Å². The second-order valence-corrected chi connectivity index (χ2v) is 4.80. The van der Waals surface area contributed by atoms with Crippen molar-refractivity contribution in [3.05, 3.63) is 35.2 Å². The molecule has 1 aromatic carbocycles. The number of hydrogen-bond acceptors (Lipinski definition) is 4. The number of rotatable bonds is 2. The van der Waals surface area contributed by atoms with E-state index in [9.17, 15) is 4.79 Å². The van der Waals surface area contributed by atoms with Gasteiger partial charge in [0.25, 0.3) is 0 Å². The number of likely N-dealkylation sites (tertiary alicyclic amines) is 1. The first kappa shape index (κ1) is 12.2. The number of benzene rings is 1. The molecule has 5 nitrogen and oxygen atoms in total. The first-order valence-electron chi connectivity index (χ1n) is 6.13. The summed E-state index contributed by atoms with van der Waals surface area (Å²) in [7, 11) is 0. The van der Waals surface area contributed by atoms with E-state index >= 15 is 0 Å². The van der Waals surface area contributed by atoms with Crippen LogP contribution in [0, 0.1) is 0 Å². The maximum absolute atomic E-state index is 12.1. The highest BCUT2D eigenvalue weighted by Gasteiger charge is 2.25. The van der Waals surface area contributed by atoms with Gasteiger partial charge in [-0.05, 0) is 25.0 Å². The molecule has 0 unspecified atom stereocenters. The third-order valence-corrected chi connectivity index (χ3v) is 3.44. The minimum atomic E-state index is -0.205. The molecule has 0 saturated carbocycles. The number of nitrogens with zero attached hydrogens (tertiary/aromatic N) is 3. The van der Waals surface area contributed by atoms with Crippen LogP contribution in [0.1, 0.15) is 23.5 Å². The smallest absolute Gasteiger partial charge is 0.311 e. The fourth-order valence-corrected chi connectivity index (χ4v) is 2.33. The fourth-order valence-electron chi connectivity index (χ4n) is 2.11. The Morgan fingerprint density at radius 1 is 1.21 bits per heavy atom. The highest BCUT2D eigenvalue weighted by Crippen LogP contribution is 2.26. The van der Waals surface area contributed by atoms with E-state index in [0.29, 0.717) is 10.6 Å². The summed E-state index contributed by atoms with van der Waals surface area (Å²) in [6, 6.07) is 7.16. The van der Waals surface area contributed by atoms with E-state index in [-0.39, 0.29) is 17.7 Å². The summed E-state index contributed by atoms with van der Waals surface area (Å²) >= 11 is 6.05. The average Bonchev–Trinajstić information content (AvgIpc) is 3.10. The van der Waals surface area contributed by atoms with E-state index in [0.717, 1.165) is 25.9 Å². The van der Waals surface area contributed by atoms with Crippen molar-refractivity contribution in [1.82, 2.24) is 15.1 Å². The lowest BCUT2D eigenvalue weighted by atomic mass is 10.2. The zero-order chi connectivity index (χ0) is 13.2. The van der Waals surface area contributed by atoms with Crippen LogP contribution in [0.4, 0.5) is 0 Å². The monoisotopic (exact) mass is 277 g/mol.